The summed E-state index contributed by atoms with van der Waals surface area (Å²) in [5, 5.41) is -0.119. The Morgan fingerprint density at radius 2 is 2.11 bits per heavy atom. The van der Waals surface area contributed by atoms with Crippen LogP contribution in [-0.2, 0) is 14.3 Å². The van der Waals surface area contributed by atoms with Crippen LogP contribution < -0.4 is 9.47 Å². The van der Waals surface area contributed by atoms with Gasteiger partial charge in [0.2, 0.25) is 0 Å². The molecule has 1 amide bonds. The Hall–Kier alpha value is -2.80. The number of ether oxygens (including phenoxy) is 3. The lowest BCUT2D eigenvalue weighted by Crippen LogP contribution is -2.25. The molecule has 6 nitrogen and oxygen atoms in total. The second-order valence-electron chi connectivity index (χ2n) is 5.68. The summed E-state index contributed by atoms with van der Waals surface area (Å²) in [7, 11) is 2.89. The zero-order chi connectivity index (χ0) is 19.4. The van der Waals surface area contributed by atoms with E-state index >= 15 is 0 Å². The predicted molar refractivity (Wildman–Crippen MR) is 105 cm³/mol. The average Bonchev–Trinajstić information content (AvgIpc) is 2.68. The number of hydrogen-bond donors (Lipinski definition) is 0. The van der Waals surface area contributed by atoms with Crippen LogP contribution in [0.5, 0.6) is 11.5 Å². The minimum Gasteiger partial charge on any atom is -0.493 e. The Morgan fingerprint density at radius 1 is 1.30 bits per heavy atom. The van der Waals surface area contributed by atoms with Gasteiger partial charge >= 0.3 is 5.97 Å². The van der Waals surface area contributed by atoms with Crippen LogP contribution in [0.4, 0.5) is 0 Å². The fraction of sp³-hybridized carbons (Fsp3) is 0.250. The molecular formula is C20H19NO5S. The SMILES string of the molecule is CCOc1ccc(/C=C2/SC3C=CC(C(=O)OC)=CC3=NC2=O)cc1OC. The molecule has 0 saturated heterocycles. The number of thioether (sulfide) groups is 1. The minimum atomic E-state index is -0.451. The molecule has 0 bridgehead atoms. The van der Waals surface area contributed by atoms with Gasteiger partial charge in [0.15, 0.2) is 11.5 Å². The fourth-order valence-electron chi connectivity index (χ4n) is 2.67. The first kappa shape index (κ1) is 19.0. The van der Waals surface area contributed by atoms with E-state index in [2.05, 4.69) is 4.99 Å². The lowest BCUT2D eigenvalue weighted by Gasteiger charge is -2.22. The number of fused-ring (bicyclic) bond motifs is 1. The highest BCUT2D eigenvalue weighted by molar-refractivity contribution is 8.05. The molecule has 0 radical (unpaired) electrons. The summed E-state index contributed by atoms with van der Waals surface area (Å²) in [6.07, 6.45) is 6.90. The van der Waals surface area contributed by atoms with Crippen molar-refractivity contribution >= 4 is 35.4 Å². The molecule has 1 unspecified atom stereocenters. The smallest absolute Gasteiger partial charge is 0.337 e. The number of allylic oxidation sites excluding steroid dienone is 1. The summed E-state index contributed by atoms with van der Waals surface area (Å²) < 4.78 is 15.6. The normalized spacial score (nSPS) is 19.9. The molecule has 1 heterocycles. The van der Waals surface area contributed by atoms with Crippen LogP contribution in [-0.4, -0.2) is 43.7 Å². The van der Waals surface area contributed by atoms with Crippen molar-refractivity contribution in [2.45, 2.75) is 12.2 Å². The number of benzene rings is 1. The van der Waals surface area contributed by atoms with Crippen LogP contribution in [0.1, 0.15) is 12.5 Å². The van der Waals surface area contributed by atoms with Gasteiger partial charge in [0.05, 0.1) is 42.3 Å². The van der Waals surface area contributed by atoms with Crippen LogP contribution in [0, 0.1) is 0 Å². The van der Waals surface area contributed by atoms with E-state index in [1.54, 1.807) is 25.3 Å². The fourth-order valence-corrected chi connectivity index (χ4v) is 3.70. The van der Waals surface area contributed by atoms with Crippen LogP contribution in [0.25, 0.3) is 6.08 Å². The molecule has 7 heteroatoms. The molecule has 140 valence electrons. The number of carbonyl (C=O) groups is 2. The first-order valence-electron chi connectivity index (χ1n) is 8.36. The van der Waals surface area contributed by atoms with Gasteiger partial charge < -0.3 is 14.2 Å². The van der Waals surface area contributed by atoms with Gasteiger partial charge in [-0.2, -0.15) is 0 Å². The highest BCUT2D eigenvalue weighted by Crippen LogP contribution is 2.35. The number of aliphatic imine (C=N–C) groups is 1. The van der Waals surface area contributed by atoms with Crippen LogP contribution in [0.3, 0.4) is 0 Å². The van der Waals surface area contributed by atoms with Crippen molar-refractivity contribution in [2.75, 3.05) is 20.8 Å². The zero-order valence-electron chi connectivity index (χ0n) is 15.2. The Kier molecular flexibility index (Phi) is 5.81. The second-order valence-corrected chi connectivity index (χ2v) is 6.87. The number of amides is 1. The molecule has 1 aliphatic carbocycles. The Balaban J connectivity index is 1.87. The van der Waals surface area contributed by atoms with Crippen molar-refractivity contribution in [1.82, 2.24) is 0 Å². The quantitative estimate of drug-likeness (QED) is 0.572. The zero-order valence-corrected chi connectivity index (χ0v) is 16.0. The number of hydrogen-bond acceptors (Lipinski definition) is 6. The van der Waals surface area contributed by atoms with Gasteiger partial charge in [-0.15, -0.1) is 11.8 Å². The van der Waals surface area contributed by atoms with E-state index in [1.807, 2.05) is 31.2 Å². The van der Waals surface area contributed by atoms with Crippen molar-refractivity contribution in [3.05, 3.63) is 52.5 Å². The lowest BCUT2D eigenvalue weighted by molar-refractivity contribution is -0.135. The summed E-state index contributed by atoms with van der Waals surface area (Å²) >= 11 is 1.39. The van der Waals surface area contributed by atoms with Crippen LogP contribution >= 0.6 is 11.8 Å². The van der Waals surface area contributed by atoms with Crippen molar-refractivity contribution < 1.29 is 23.8 Å². The summed E-state index contributed by atoms with van der Waals surface area (Å²) in [5.74, 6) is 0.468. The number of methoxy groups -OCH3 is 2. The summed E-state index contributed by atoms with van der Waals surface area (Å²) in [6.45, 7) is 2.44. The molecule has 3 rings (SSSR count). The van der Waals surface area contributed by atoms with Gasteiger partial charge in [0.1, 0.15) is 0 Å². The maximum atomic E-state index is 12.4. The molecule has 1 aliphatic heterocycles. The predicted octanol–water partition coefficient (Wildman–Crippen LogP) is 3.19. The second kappa shape index (κ2) is 8.26. The number of rotatable bonds is 5. The standard InChI is InChI=1S/C20H19NO5S/c1-4-26-15-7-5-12(9-16(15)24-2)10-18-19(22)21-14-11-13(20(23)25-3)6-8-17(14)27-18/h5-11,17H,4H2,1-3H3/b18-10+. The van der Waals surface area contributed by atoms with Gasteiger partial charge in [-0.1, -0.05) is 18.2 Å². The van der Waals surface area contributed by atoms with Crippen molar-refractivity contribution in [2.24, 2.45) is 4.99 Å². The monoisotopic (exact) mass is 385 g/mol. The van der Waals surface area contributed by atoms with Crippen LogP contribution in [0.15, 0.2) is 51.9 Å². The number of nitrogens with zero attached hydrogens (tertiary/aromatic N) is 1. The third-order valence-electron chi connectivity index (χ3n) is 3.95. The molecule has 2 aliphatic rings. The summed E-state index contributed by atoms with van der Waals surface area (Å²) in [4.78, 5) is 28.7. The first-order valence-corrected chi connectivity index (χ1v) is 9.24. The van der Waals surface area contributed by atoms with E-state index in [4.69, 9.17) is 14.2 Å². The molecular weight excluding hydrogens is 366 g/mol. The number of esters is 1. The molecule has 1 atom stereocenters. The van der Waals surface area contributed by atoms with E-state index in [9.17, 15) is 9.59 Å². The third kappa shape index (κ3) is 4.14. The molecule has 0 fully saturated rings. The van der Waals surface area contributed by atoms with E-state index in [1.165, 1.54) is 18.9 Å². The molecule has 0 N–H and O–H groups in total. The van der Waals surface area contributed by atoms with Crippen molar-refractivity contribution in [3.8, 4) is 11.5 Å². The molecule has 0 aromatic heterocycles. The van der Waals surface area contributed by atoms with E-state index in [0.717, 1.165) is 5.56 Å². The third-order valence-corrected chi connectivity index (χ3v) is 5.15. The largest absolute Gasteiger partial charge is 0.493 e. The highest BCUT2D eigenvalue weighted by atomic mass is 32.2. The van der Waals surface area contributed by atoms with Gasteiger partial charge in [-0.3, -0.25) is 4.79 Å². The number of carbonyl (C=O) groups excluding carboxylic acids is 2. The van der Waals surface area contributed by atoms with E-state index in [-0.39, 0.29) is 11.2 Å². The van der Waals surface area contributed by atoms with Gasteiger partial charge in [0, 0.05) is 0 Å². The van der Waals surface area contributed by atoms with Crippen LogP contribution in [0.2, 0.25) is 0 Å². The molecule has 1 aromatic carbocycles. The van der Waals surface area contributed by atoms with E-state index in [0.29, 0.717) is 34.3 Å². The molecule has 0 spiro atoms. The maximum Gasteiger partial charge on any atom is 0.337 e. The lowest BCUT2D eigenvalue weighted by atomic mass is 10.0. The molecule has 27 heavy (non-hydrogen) atoms. The summed E-state index contributed by atoms with van der Waals surface area (Å²) in [5.41, 5.74) is 1.74. The minimum absolute atomic E-state index is 0.119. The Morgan fingerprint density at radius 3 is 2.81 bits per heavy atom. The molecule has 1 aromatic rings. The van der Waals surface area contributed by atoms with Gasteiger partial charge in [-0.05, 0) is 36.8 Å². The van der Waals surface area contributed by atoms with Gasteiger partial charge in [0.25, 0.3) is 5.91 Å². The Labute approximate surface area is 161 Å². The Bertz CT molecular complexity index is 898. The van der Waals surface area contributed by atoms with E-state index < -0.39 is 5.97 Å². The van der Waals surface area contributed by atoms with Gasteiger partial charge in [-0.25, -0.2) is 9.79 Å². The maximum absolute atomic E-state index is 12.4. The summed E-state index contributed by atoms with van der Waals surface area (Å²) in [6, 6.07) is 5.49. The van der Waals surface area contributed by atoms with Crippen molar-refractivity contribution in [1.29, 1.82) is 0 Å². The first-order chi connectivity index (χ1) is 13.0. The van der Waals surface area contributed by atoms with Crippen molar-refractivity contribution in [3.63, 3.8) is 0 Å². The molecule has 0 saturated carbocycles. The highest BCUT2D eigenvalue weighted by Gasteiger charge is 2.28. The topological polar surface area (TPSA) is 74.2 Å². The average molecular weight is 385 g/mol.